The number of carbonyl (C=O) groups is 1. The van der Waals surface area contributed by atoms with Gasteiger partial charge in [0.15, 0.2) is 5.58 Å². The Hall–Kier alpha value is -2.12. The molecule has 0 unspecified atom stereocenters. The van der Waals surface area contributed by atoms with Crippen LogP contribution in [0.4, 0.5) is 0 Å². The second-order valence-corrected chi connectivity index (χ2v) is 6.68. The van der Waals surface area contributed by atoms with Gasteiger partial charge in [-0.1, -0.05) is 12.1 Å². The largest absolute Gasteiger partial charge is 0.420 e. The summed E-state index contributed by atoms with van der Waals surface area (Å²) in [6, 6.07) is 7.73. The number of rotatable bonds is 3. The van der Waals surface area contributed by atoms with Gasteiger partial charge in [0.2, 0.25) is 5.91 Å². The van der Waals surface area contributed by atoms with Crippen LogP contribution in [0.2, 0.25) is 0 Å². The highest BCUT2D eigenvalue weighted by atomic mass is 16.5. The molecule has 3 heterocycles. The van der Waals surface area contributed by atoms with Crippen LogP contribution in [0.1, 0.15) is 12.8 Å². The van der Waals surface area contributed by atoms with Gasteiger partial charge in [0.25, 0.3) is 0 Å². The first kappa shape index (κ1) is 16.4. The first-order valence-electron chi connectivity index (χ1n) is 8.90. The molecule has 2 aromatic rings. The van der Waals surface area contributed by atoms with Gasteiger partial charge in [0.1, 0.15) is 6.54 Å². The molecule has 25 heavy (non-hydrogen) atoms. The van der Waals surface area contributed by atoms with E-state index in [4.69, 9.17) is 9.15 Å². The monoisotopic (exact) mass is 345 g/mol. The lowest BCUT2D eigenvalue weighted by atomic mass is 10.0. The Morgan fingerprint density at radius 2 is 1.80 bits per heavy atom. The topological polar surface area (TPSA) is 67.9 Å². The molecule has 2 fully saturated rings. The molecule has 1 amide bonds. The summed E-state index contributed by atoms with van der Waals surface area (Å²) in [7, 11) is 0. The molecule has 7 heteroatoms. The van der Waals surface area contributed by atoms with E-state index in [9.17, 15) is 9.59 Å². The molecule has 1 aromatic heterocycles. The minimum atomic E-state index is -0.474. The Labute approximate surface area is 145 Å². The van der Waals surface area contributed by atoms with Crippen molar-refractivity contribution in [3.63, 3.8) is 0 Å². The van der Waals surface area contributed by atoms with E-state index in [0.29, 0.717) is 17.1 Å². The van der Waals surface area contributed by atoms with Crippen molar-refractivity contribution in [3.8, 4) is 0 Å². The van der Waals surface area contributed by atoms with E-state index in [2.05, 4.69) is 4.90 Å². The molecule has 4 rings (SSSR count). The average molecular weight is 345 g/mol. The van der Waals surface area contributed by atoms with E-state index in [0.717, 1.165) is 52.2 Å². The van der Waals surface area contributed by atoms with Crippen LogP contribution in [-0.2, 0) is 16.1 Å². The molecule has 0 radical (unpaired) electrons. The molecular weight excluding hydrogens is 322 g/mol. The van der Waals surface area contributed by atoms with Gasteiger partial charge in [-0.2, -0.15) is 0 Å². The summed E-state index contributed by atoms with van der Waals surface area (Å²) < 4.78 is 12.0. The maximum Gasteiger partial charge on any atom is 0.420 e. The van der Waals surface area contributed by atoms with Gasteiger partial charge in [-0.05, 0) is 25.0 Å². The van der Waals surface area contributed by atoms with E-state index in [-0.39, 0.29) is 12.5 Å². The Morgan fingerprint density at radius 3 is 2.56 bits per heavy atom. The van der Waals surface area contributed by atoms with Crippen LogP contribution >= 0.6 is 0 Å². The van der Waals surface area contributed by atoms with Crippen LogP contribution in [0.15, 0.2) is 33.5 Å². The van der Waals surface area contributed by atoms with Crippen LogP contribution in [0, 0.1) is 0 Å². The van der Waals surface area contributed by atoms with E-state index >= 15 is 0 Å². The number of benzene rings is 1. The van der Waals surface area contributed by atoms with E-state index < -0.39 is 5.76 Å². The van der Waals surface area contributed by atoms with Crippen molar-refractivity contribution in [1.82, 2.24) is 14.4 Å². The summed E-state index contributed by atoms with van der Waals surface area (Å²) in [5.41, 5.74) is 1.19. The number of para-hydroxylation sites is 2. The molecule has 2 aliphatic rings. The zero-order chi connectivity index (χ0) is 17.2. The molecule has 0 N–H and O–H groups in total. The number of morpholine rings is 1. The standard InChI is InChI=1S/C18H23N3O4/c22-17(13-21-15-3-1-2-4-16(15)25-18(21)23)20-7-5-14(6-8-20)19-9-11-24-12-10-19/h1-4,14H,5-13H2. The summed E-state index contributed by atoms with van der Waals surface area (Å²) >= 11 is 0. The molecule has 0 aliphatic carbocycles. The third-order valence-corrected chi connectivity index (χ3v) is 5.25. The number of piperidine rings is 1. The number of amides is 1. The first-order chi connectivity index (χ1) is 12.2. The van der Waals surface area contributed by atoms with Crippen LogP contribution in [0.3, 0.4) is 0 Å². The fourth-order valence-electron chi connectivity index (χ4n) is 3.82. The summed E-state index contributed by atoms with van der Waals surface area (Å²) in [4.78, 5) is 29.0. The van der Waals surface area contributed by atoms with Gasteiger partial charge < -0.3 is 14.1 Å². The Bertz CT molecular complexity index is 798. The second-order valence-electron chi connectivity index (χ2n) is 6.68. The van der Waals surface area contributed by atoms with E-state index in [1.54, 1.807) is 12.1 Å². The molecule has 1 aromatic carbocycles. The molecule has 0 bridgehead atoms. The Kier molecular flexibility index (Phi) is 4.59. The SMILES string of the molecule is O=C(Cn1c(=O)oc2ccccc21)N1CCC(N2CCOCC2)CC1. The third kappa shape index (κ3) is 3.34. The molecular formula is C18H23N3O4. The minimum Gasteiger partial charge on any atom is -0.408 e. The number of ether oxygens (including phenoxy) is 1. The molecule has 134 valence electrons. The van der Waals surface area contributed by atoms with Crippen LogP contribution in [-0.4, -0.2) is 65.7 Å². The van der Waals surface area contributed by atoms with Gasteiger partial charge in [-0.15, -0.1) is 0 Å². The quantitative estimate of drug-likeness (QED) is 0.827. The number of fused-ring (bicyclic) bond motifs is 1. The highest BCUT2D eigenvalue weighted by Crippen LogP contribution is 2.19. The van der Waals surface area contributed by atoms with Gasteiger partial charge in [0, 0.05) is 32.2 Å². The Balaban J connectivity index is 1.39. The summed E-state index contributed by atoms with van der Waals surface area (Å²) in [5.74, 6) is -0.494. The van der Waals surface area contributed by atoms with Gasteiger partial charge in [-0.25, -0.2) is 4.79 Å². The van der Waals surface area contributed by atoms with Crippen LogP contribution < -0.4 is 5.76 Å². The zero-order valence-electron chi connectivity index (χ0n) is 14.2. The number of hydrogen-bond acceptors (Lipinski definition) is 5. The smallest absolute Gasteiger partial charge is 0.408 e. The van der Waals surface area contributed by atoms with Crippen molar-refractivity contribution >= 4 is 17.0 Å². The lowest BCUT2D eigenvalue weighted by Gasteiger charge is -2.40. The molecule has 0 atom stereocenters. The number of aromatic nitrogens is 1. The summed E-state index contributed by atoms with van der Waals surface area (Å²) in [6.07, 6.45) is 1.96. The van der Waals surface area contributed by atoms with Crippen molar-refractivity contribution in [3.05, 3.63) is 34.8 Å². The molecule has 0 saturated carbocycles. The maximum absolute atomic E-state index is 12.6. The average Bonchev–Trinajstić information content (AvgIpc) is 2.98. The van der Waals surface area contributed by atoms with Crippen molar-refractivity contribution in [2.45, 2.75) is 25.4 Å². The van der Waals surface area contributed by atoms with Gasteiger partial charge in [-0.3, -0.25) is 14.3 Å². The Morgan fingerprint density at radius 1 is 1.08 bits per heavy atom. The van der Waals surface area contributed by atoms with E-state index in [1.165, 1.54) is 4.57 Å². The van der Waals surface area contributed by atoms with Crippen molar-refractivity contribution in [2.24, 2.45) is 0 Å². The van der Waals surface area contributed by atoms with Crippen molar-refractivity contribution < 1.29 is 13.9 Å². The zero-order valence-corrected chi connectivity index (χ0v) is 14.2. The highest BCUT2D eigenvalue weighted by Gasteiger charge is 2.28. The van der Waals surface area contributed by atoms with Gasteiger partial charge >= 0.3 is 5.76 Å². The summed E-state index contributed by atoms with van der Waals surface area (Å²) in [6.45, 7) is 5.09. The molecule has 2 aliphatic heterocycles. The normalized spacial score (nSPS) is 20.2. The fourth-order valence-corrected chi connectivity index (χ4v) is 3.82. The number of nitrogens with zero attached hydrogens (tertiary/aromatic N) is 3. The number of carbonyl (C=O) groups excluding carboxylic acids is 1. The number of oxazole rings is 1. The highest BCUT2D eigenvalue weighted by molar-refractivity contribution is 5.79. The third-order valence-electron chi connectivity index (χ3n) is 5.25. The van der Waals surface area contributed by atoms with Crippen molar-refractivity contribution in [1.29, 1.82) is 0 Å². The predicted molar refractivity (Wildman–Crippen MR) is 92.5 cm³/mol. The molecule has 0 spiro atoms. The lowest BCUT2D eigenvalue weighted by Crippen LogP contribution is -2.50. The maximum atomic E-state index is 12.6. The number of hydrogen-bond donors (Lipinski definition) is 0. The van der Waals surface area contributed by atoms with Gasteiger partial charge in [0.05, 0.1) is 18.7 Å². The predicted octanol–water partition coefficient (Wildman–Crippen LogP) is 0.918. The first-order valence-corrected chi connectivity index (χ1v) is 8.90. The molecule has 2 saturated heterocycles. The lowest BCUT2D eigenvalue weighted by molar-refractivity contribution is -0.133. The van der Waals surface area contributed by atoms with E-state index in [1.807, 2.05) is 17.0 Å². The fraction of sp³-hybridized carbons (Fsp3) is 0.556. The van der Waals surface area contributed by atoms with Crippen LogP contribution in [0.5, 0.6) is 0 Å². The second kappa shape index (κ2) is 7.01. The van der Waals surface area contributed by atoms with Crippen molar-refractivity contribution in [2.75, 3.05) is 39.4 Å². The van der Waals surface area contributed by atoms with Crippen LogP contribution in [0.25, 0.3) is 11.1 Å². The minimum absolute atomic E-state index is 0.0194. The number of likely N-dealkylation sites (tertiary alicyclic amines) is 1. The summed E-state index contributed by atoms with van der Waals surface area (Å²) in [5, 5.41) is 0. The molecule has 7 nitrogen and oxygen atoms in total.